The Hall–Kier alpha value is -1.77. The molecule has 1 aromatic rings. The number of ketones is 1. The Balaban J connectivity index is 2.14. The van der Waals surface area contributed by atoms with E-state index in [1.165, 1.54) is 22.7 Å². The number of halogens is 1. The maximum atomic E-state index is 12.1. The Kier molecular flexibility index (Phi) is 4.25. The van der Waals surface area contributed by atoms with Crippen LogP contribution in [0.15, 0.2) is 35.4 Å². The second kappa shape index (κ2) is 5.91. The van der Waals surface area contributed by atoms with Crippen molar-refractivity contribution in [3.8, 4) is 6.07 Å². The molecule has 0 spiro atoms. The molecule has 1 fully saturated rings. The molecule has 0 bridgehead atoms. The molecule has 1 heterocycles. The zero-order valence-electron chi connectivity index (χ0n) is 9.80. The van der Waals surface area contributed by atoms with Gasteiger partial charge in [0.1, 0.15) is 0 Å². The first kappa shape index (κ1) is 13.7. The Labute approximate surface area is 119 Å². The van der Waals surface area contributed by atoms with Crippen molar-refractivity contribution in [3.63, 3.8) is 0 Å². The summed E-state index contributed by atoms with van der Waals surface area (Å²) < 4.78 is 0. The summed E-state index contributed by atoms with van der Waals surface area (Å²) in [5.41, 5.74) is 0.491. The number of carbonyl (C=O) groups excluding carboxylic acids is 2. The van der Waals surface area contributed by atoms with Crippen molar-refractivity contribution < 1.29 is 9.59 Å². The standard InChI is InChI=1S/C13H9ClN2O2S/c14-10-3-1-9(2-4-10)11(17)7-16-12(18)8-19-13(16)5-6-15/h1-5H,7-8H2. The number of rotatable bonds is 3. The summed E-state index contributed by atoms with van der Waals surface area (Å²) in [6, 6.07) is 8.36. The van der Waals surface area contributed by atoms with Gasteiger partial charge in [-0.2, -0.15) is 5.26 Å². The maximum absolute atomic E-state index is 12.1. The monoisotopic (exact) mass is 292 g/mol. The molecule has 0 N–H and O–H groups in total. The molecular weight excluding hydrogens is 284 g/mol. The van der Waals surface area contributed by atoms with Gasteiger partial charge >= 0.3 is 0 Å². The summed E-state index contributed by atoms with van der Waals surface area (Å²) in [5.74, 6) is -0.0771. The first-order valence-electron chi connectivity index (χ1n) is 5.43. The lowest BCUT2D eigenvalue weighted by Gasteiger charge is -2.15. The van der Waals surface area contributed by atoms with Gasteiger partial charge in [-0.15, -0.1) is 0 Å². The summed E-state index contributed by atoms with van der Waals surface area (Å²) in [5, 5.41) is 9.71. The predicted octanol–water partition coefficient (Wildman–Crippen LogP) is 2.46. The number of allylic oxidation sites excluding steroid dienone is 1. The SMILES string of the molecule is N#CC=C1SCC(=O)N1CC(=O)c1ccc(Cl)cc1. The van der Waals surface area contributed by atoms with Gasteiger partial charge in [0.25, 0.3) is 0 Å². The van der Waals surface area contributed by atoms with Crippen molar-refractivity contribution in [2.45, 2.75) is 0 Å². The zero-order valence-corrected chi connectivity index (χ0v) is 11.4. The van der Waals surface area contributed by atoms with E-state index in [-0.39, 0.29) is 24.0 Å². The molecule has 1 saturated heterocycles. The second-order valence-corrected chi connectivity index (χ2v) is 5.24. The molecule has 1 aliphatic heterocycles. The van der Waals surface area contributed by atoms with Crippen molar-refractivity contribution in [2.75, 3.05) is 12.3 Å². The van der Waals surface area contributed by atoms with Crippen molar-refractivity contribution in [2.24, 2.45) is 0 Å². The quantitative estimate of drug-likeness (QED) is 0.634. The highest BCUT2D eigenvalue weighted by Crippen LogP contribution is 2.28. The number of thioether (sulfide) groups is 1. The van der Waals surface area contributed by atoms with Gasteiger partial charge in [-0.1, -0.05) is 23.4 Å². The first-order valence-corrected chi connectivity index (χ1v) is 6.80. The Bertz CT molecular complexity index is 590. The molecular formula is C13H9ClN2O2S. The van der Waals surface area contributed by atoms with Gasteiger partial charge in [-0.25, -0.2) is 0 Å². The van der Waals surface area contributed by atoms with E-state index in [0.717, 1.165) is 0 Å². The van der Waals surface area contributed by atoms with E-state index < -0.39 is 0 Å². The van der Waals surface area contributed by atoms with Crippen LogP contribution in [0.3, 0.4) is 0 Å². The van der Waals surface area contributed by atoms with Crippen LogP contribution in [0.1, 0.15) is 10.4 Å². The van der Waals surface area contributed by atoms with Crippen LogP contribution in [0.4, 0.5) is 0 Å². The summed E-state index contributed by atoms with van der Waals surface area (Å²) in [6.07, 6.45) is 1.28. The molecule has 2 rings (SSSR count). The number of carbonyl (C=O) groups is 2. The molecule has 19 heavy (non-hydrogen) atoms. The fourth-order valence-electron chi connectivity index (χ4n) is 1.63. The smallest absolute Gasteiger partial charge is 0.238 e. The predicted molar refractivity (Wildman–Crippen MR) is 73.6 cm³/mol. The van der Waals surface area contributed by atoms with E-state index >= 15 is 0 Å². The van der Waals surface area contributed by atoms with Crippen molar-refractivity contribution in [1.82, 2.24) is 4.90 Å². The Morgan fingerprint density at radius 1 is 1.47 bits per heavy atom. The highest BCUT2D eigenvalue weighted by atomic mass is 35.5. The average molecular weight is 293 g/mol. The highest BCUT2D eigenvalue weighted by Gasteiger charge is 2.28. The highest BCUT2D eigenvalue weighted by molar-refractivity contribution is 8.04. The molecule has 4 nitrogen and oxygen atoms in total. The van der Waals surface area contributed by atoms with E-state index in [2.05, 4.69) is 0 Å². The normalized spacial score (nSPS) is 16.7. The van der Waals surface area contributed by atoms with Crippen LogP contribution in [0, 0.1) is 11.3 Å². The second-order valence-electron chi connectivity index (χ2n) is 3.81. The number of hydrogen-bond donors (Lipinski definition) is 0. The zero-order chi connectivity index (χ0) is 13.8. The minimum absolute atomic E-state index is 0.0546. The molecule has 96 valence electrons. The molecule has 1 amide bonds. The fraction of sp³-hybridized carbons (Fsp3) is 0.154. The number of nitrogens with zero attached hydrogens (tertiary/aromatic N) is 2. The topological polar surface area (TPSA) is 61.2 Å². The van der Waals surface area contributed by atoms with E-state index in [9.17, 15) is 9.59 Å². The maximum Gasteiger partial charge on any atom is 0.238 e. The van der Waals surface area contributed by atoms with Crippen LogP contribution in [-0.4, -0.2) is 28.9 Å². The third kappa shape index (κ3) is 3.16. The summed E-state index contributed by atoms with van der Waals surface area (Å²) in [6.45, 7) is -0.0546. The van der Waals surface area contributed by atoms with E-state index in [1.807, 2.05) is 6.07 Å². The van der Waals surface area contributed by atoms with Gasteiger partial charge in [0.2, 0.25) is 5.91 Å². The van der Waals surface area contributed by atoms with Crippen molar-refractivity contribution >= 4 is 35.1 Å². The summed E-state index contributed by atoms with van der Waals surface area (Å²) >= 11 is 7.01. The lowest BCUT2D eigenvalue weighted by molar-refractivity contribution is -0.125. The molecule has 0 atom stereocenters. The van der Waals surface area contributed by atoms with Crippen LogP contribution in [0.2, 0.25) is 5.02 Å². The van der Waals surface area contributed by atoms with Crippen molar-refractivity contribution in [1.29, 1.82) is 5.26 Å². The number of benzene rings is 1. The van der Waals surface area contributed by atoms with E-state index in [4.69, 9.17) is 16.9 Å². The summed E-state index contributed by atoms with van der Waals surface area (Å²) in [7, 11) is 0. The van der Waals surface area contributed by atoms with Gasteiger partial charge in [0.05, 0.1) is 23.4 Å². The van der Waals surface area contributed by atoms with E-state index in [0.29, 0.717) is 15.6 Å². The Morgan fingerprint density at radius 2 is 2.16 bits per heavy atom. The van der Waals surface area contributed by atoms with Gasteiger partial charge < -0.3 is 0 Å². The third-order valence-electron chi connectivity index (χ3n) is 2.57. The molecule has 0 radical (unpaired) electrons. The molecule has 0 saturated carbocycles. The molecule has 0 aromatic heterocycles. The van der Waals surface area contributed by atoms with Crippen molar-refractivity contribution in [3.05, 3.63) is 46.0 Å². The van der Waals surface area contributed by atoms with Gasteiger partial charge in [-0.3, -0.25) is 14.5 Å². The van der Waals surface area contributed by atoms with Crippen LogP contribution in [0.25, 0.3) is 0 Å². The van der Waals surface area contributed by atoms with Gasteiger partial charge in [0, 0.05) is 16.7 Å². The summed E-state index contributed by atoms with van der Waals surface area (Å²) in [4.78, 5) is 25.1. The first-order chi connectivity index (χ1) is 9.11. The molecule has 6 heteroatoms. The minimum atomic E-state index is -0.184. The van der Waals surface area contributed by atoms with Crippen LogP contribution < -0.4 is 0 Å². The van der Waals surface area contributed by atoms with E-state index in [1.54, 1.807) is 24.3 Å². The average Bonchev–Trinajstić information content (AvgIpc) is 2.73. The molecule has 1 aromatic carbocycles. The molecule has 0 aliphatic carbocycles. The lowest BCUT2D eigenvalue weighted by atomic mass is 10.1. The fourth-order valence-corrected chi connectivity index (χ4v) is 2.64. The number of amides is 1. The third-order valence-corrected chi connectivity index (χ3v) is 3.84. The number of Topliss-reactive ketones (excluding diaryl/α,β-unsaturated/α-hetero) is 1. The van der Waals surface area contributed by atoms with Gasteiger partial charge in [-0.05, 0) is 24.3 Å². The Morgan fingerprint density at radius 3 is 2.79 bits per heavy atom. The number of nitriles is 1. The minimum Gasteiger partial charge on any atom is -0.298 e. The van der Waals surface area contributed by atoms with Crippen LogP contribution in [-0.2, 0) is 4.79 Å². The number of hydrogen-bond acceptors (Lipinski definition) is 4. The lowest BCUT2D eigenvalue weighted by Crippen LogP contribution is -2.30. The molecule has 1 aliphatic rings. The largest absolute Gasteiger partial charge is 0.298 e. The van der Waals surface area contributed by atoms with Crippen LogP contribution >= 0.6 is 23.4 Å². The molecule has 0 unspecified atom stereocenters. The van der Waals surface area contributed by atoms with Gasteiger partial charge in [0.15, 0.2) is 5.78 Å². The van der Waals surface area contributed by atoms with Crippen LogP contribution in [0.5, 0.6) is 0 Å².